The molecule has 3 heterocycles. The monoisotopic (exact) mass is 350 g/mol. The molecule has 1 fully saturated rings. The van der Waals surface area contributed by atoms with Crippen LogP contribution in [-0.4, -0.2) is 46.8 Å². The van der Waals surface area contributed by atoms with E-state index in [-0.39, 0.29) is 11.3 Å². The number of carbonyl (C=O) groups is 1. The van der Waals surface area contributed by atoms with Crippen molar-refractivity contribution in [3.05, 3.63) is 64.7 Å². The molecule has 0 amide bonds. The number of piperazine rings is 1. The number of hydrogen-bond acceptors (Lipinski definition) is 5. The predicted octanol–water partition coefficient (Wildman–Crippen LogP) is 1.49. The van der Waals surface area contributed by atoms with Gasteiger partial charge in [0.2, 0.25) is 0 Å². The van der Waals surface area contributed by atoms with E-state index in [4.69, 9.17) is 5.11 Å². The van der Waals surface area contributed by atoms with E-state index in [1.807, 2.05) is 24.3 Å². The molecule has 1 aliphatic rings. The summed E-state index contributed by atoms with van der Waals surface area (Å²) in [6, 6.07) is 12.4. The van der Waals surface area contributed by atoms with Crippen LogP contribution in [0.3, 0.4) is 0 Å². The first-order chi connectivity index (χ1) is 12.6. The lowest BCUT2D eigenvalue weighted by atomic mass is 10.2. The van der Waals surface area contributed by atoms with Crippen LogP contribution in [0.15, 0.2) is 53.5 Å². The SMILES string of the molecule is O=C(O)c1ccc2c(=O)n(-c3ccc(N4CCNCC4)cc3)ccc2n1. The molecule has 7 nitrogen and oxygen atoms in total. The molecule has 132 valence electrons. The number of aromatic nitrogens is 2. The number of nitrogens with zero attached hydrogens (tertiary/aromatic N) is 3. The number of rotatable bonds is 3. The van der Waals surface area contributed by atoms with Crippen molar-refractivity contribution in [3.63, 3.8) is 0 Å². The predicted molar refractivity (Wildman–Crippen MR) is 99.4 cm³/mol. The summed E-state index contributed by atoms with van der Waals surface area (Å²) >= 11 is 0. The number of carboxylic acids is 1. The molecule has 3 aromatic rings. The zero-order chi connectivity index (χ0) is 18.1. The van der Waals surface area contributed by atoms with E-state index in [1.165, 1.54) is 12.1 Å². The van der Waals surface area contributed by atoms with Crippen LogP contribution in [0.2, 0.25) is 0 Å². The van der Waals surface area contributed by atoms with Gasteiger partial charge in [0.15, 0.2) is 0 Å². The molecule has 0 saturated carbocycles. The second kappa shape index (κ2) is 6.61. The first kappa shape index (κ1) is 16.3. The van der Waals surface area contributed by atoms with Gasteiger partial charge in [0.1, 0.15) is 5.69 Å². The van der Waals surface area contributed by atoms with E-state index in [0.29, 0.717) is 10.9 Å². The number of hydrogen-bond donors (Lipinski definition) is 2. The molecule has 2 N–H and O–H groups in total. The quantitative estimate of drug-likeness (QED) is 0.744. The third-order valence-electron chi connectivity index (χ3n) is 4.58. The Morgan fingerprint density at radius 1 is 1.00 bits per heavy atom. The van der Waals surface area contributed by atoms with Crippen LogP contribution in [0.1, 0.15) is 10.5 Å². The van der Waals surface area contributed by atoms with Crippen LogP contribution in [0.4, 0.5) is 5.69 Å². The second-order valence-corrected chi connectivity index (χ2v) is 6.18. The van der Waals surface area contributed by atoms with E-state index >= 15 is 0 Å². The molecule has 4 rings (SSSR count). The Morgan fingerprint density at radius 2 is 1.69 bits per heavy atom. The highest BCUT2D eigenvalue weighted by molar-refractivity contribution is 5.89. The topological polar surface area (TPSA) is 87.5 Å². The molecule has 26 heavy (non-hydrogen) atoms. The summed E-state index contributed by atoms with van der Waals surface area (Å²) in [5, 5.41) is 12.7. The standard InChI is InChI=1S/C19H18N4O3/c24-18-15-5-6-17(19(25)26)21-16(15)7-10-23(18)14-3-1-13(2-4-14)22-11-8-20-9-12-22/h1-7,10,20H,8-9,11-12H2,(H,25,26). The van der Waals surface area contributed by atoms with Gasteiger partial charge in [-0.05, 0) is 42.5 Å². The molecule has 0 bridgehead atoms. The van der Waals surface area contributed by atoms with Crippen molar-refractivity contribution in [2.24, 2.45) is 0 Å². The zero-order valence-corrected chi connectivity index (χ0v) is 14.1. The molecular formula is C19H18N4O3. The lowest BCUT2D eigenvalue weighted by molar-refractivity contribution is 0.0691. The highest BCUT2D eigenvalue weighted by Gasteiger charge is 2.12. The van der Waals surface area contributed by atoms with Crippen LogP contribution < -0.4 is 15.8 Å². The summed E-state index contributed by atoms with van der Waals surface area (Å²) in [4.78, 5) is 30.1. The summed E-state index contributed by atoms with van der Waals surface area (Å²) in [6.07, 6.45) is 1.63. The number of carboxylic acid groups (broad SMARTS) is 1. The Morgan fingerprint density at radius 3 is 2.38 bits per heavy atom. The van der Waals surface area contributed by atoms with E-state index in [0.717, 1.165) is 37.6 Å². The molecule has 1 aromatic carbocycles. The molecule has 7 heteroatoms. The van der Waals surface area contributed by atoms with Crippen molar-refractivity contribution >= 4 is 22.6 Å². The van der Waals surface area contributed by atoms with Gasteiger partial charge in [-0.3, -0.25) is 9.36 Å². The van der Waals surface area contributed by atoms with Gasteiger partial charge in [-0.25, -0.2) is 9.78 Å². The van der Waals surface area contributed by atoms with Crippen LogP contribution >= 0.6 is 0 Å². The van der Waals surface area contributed by atoms with Gasteiger partial charge < -0.3 is 15.3 Å². The molecular weight excluding hydrogens is 332 g/mol. The minimum Gasteiger partial charge on any atom is -0.477 e. The Balaban J connectivity index is 1.70. The smallest absolute Gasteiger partial charge is 0.354 e. The Kier molecular flexibility index (Phi) is 4.14. The molecule has 0 radical (unpaired) electrons. The van der Waals surface area contributed by atoms with Crippen LogP contribution in [-0.2, 0) is 0 Å². The molecule has 0 spiro atoms. The molecule has 0 aliphatic carbocycles. The van der Waals surface area contributed by atoms with Crippen molar-refractivity contribution in [2.45, 2.75) is 0 Å². The Labute approximate surface area is 149 Å². The molecule has 0 unspecified atom stereocenters. The zero-order valence-electron chi connectivity index (χ0n) is 14.1. The van der Waals surface area contributed by atoms with Gasteiger partial charge in [-0.15, -0.1) is 0 Å². The van der Waals surface area contributed by atoms with E-state index < -0.39 is 5.97 Å². The van der Waals surface area contributed by atoms with Gasteiger partial charge >= 0.3 is 5.97 Å². The molecule has 0 atom stereocenters. The van der Waals surface area contributed by atoms with E-state index in [9.17, 15) is 9.59 Å². The van der Waals surface area contributed by atoms with E-state index in [1.54, 1.807) is 16.8 Å². The first-order valence-electron chi connectivity index (χ1n) is 8.45. The number of nitrogens with one attached hydrogen (secondary N) is 1. The van der Waals surface area contributed by atoms with Gasteiger partial charge in [0.05, 0.1) is 10.9 Å². The van der Waals surface area contributed by atoms with Gasteiger partial charge in [-0.1, -0.05) is 0 Å². The fourth-order valence-electron chi connectivity index (χ4n) is 3.19. The van der Waals surface area contributed by atoms with Gasteiger partial charge in [0.25, 0.3) is 5.56 Å². The van der Waals surface area contributed by atoms with Crippen molar-refractivity contribution < 1.29 is 9.90 Å². The summed E-state index contributed by atoms with van der Waals surface area (Å²) in [5.74, 6) is -1.11. The fraction of sp³-hybridized carbons (Fsp3) is 0.211. The van der Waals surface area contributed by atoms with Crippen molar-refractivity contribution in [3.8, 4) is 5.69 Å². The number of anilines is 1. The minimum atomic E-state index is -1.11. The fourth-order valence-corrected chi connectivity index (χ4v) is 3.19. The van der Waals surface area contributed by atoms with Crippen LogP contribution in [0.5, 0.6) is 0 Å². The first-order valence-corrected chi connectivity index (χ1v) is 8.45. The van der Waals surface area contributed by atoms with Crippen molar-refractivity contribution in [1.82, 2.24) is 14.9 Å². The van der Waals surface area contributed by atoms with Gasteiger partial charge in [-0.2, -0.15) is 0 Å². The Hall–Kier alpha value is -3.19. The molecule has 2 aromatic heterocycles. The highest BCUT2D eigenvalue weighted by atomic mass is 16.4. The summed E-state index contributed by atoms with van der Waals surface area (Å²) < 4.78 is 1.55. The van der Waals surface area contributed by atoms with Gasteiger partial charge in [0, 0.05) is 43.8 Å². The van der Waals surface area contributed by atoms with Crippen LogP contribution in [0, 0.1) is 0 Å². The molecule has 1 saturated heterocycles. The number of fused-ring (bicyclic) bond motifs is 1. The lowest BCUT2D eigenvalue weighted by Gasteiger charge is -2.29. The maximum absolute atomic E-state index is 12.8. The third-order valence-corrected chi connectivity index (χ3v) is 4.58. The average Bonchev–Trinajstić information content (AvgIpc) is 2.69. The number of aromatic carboxylic acids is 1. The maximum atomic E-state index is 12.8. The molecule has 1 aliphatic heterocycles. The number of pyridine rings is 2. The average molecular weight is 350 g/mol. The summed E-state index contributed by atoms with van der Waals surface area (Å²) in [6.45, 7) is 3.87. The lowest BCUT2D eigenvalue weighted by Crippen LogP contribution is -2.43. The Bertz CT molecular complexity index is 1020. The van der Waals surface area contributed by atoms with Crippen molar-refractivity contribution in [2.75, 3.05) is 31.1 Å². The number of benzene rings is 1. The van der Waals surface area contributed by atoms with E-state index in [2.05, 4.69) is 15.2 Å². The third kappa shape index (κ3) is 2.93. The summed E-state index contributed by atoms with van der Waals surface area (Å²) in [7, 11) is 0. The van der Waals surface area contributed by atoms with Crippen LogP contribution in [0.25, 0.3) is 16.6 Å². The second-order valence-electron chi connectivity index (χ2n) is 6.18. The maximum Gasteiger partial charge on any atom is 0.354 e. The minimum absolute atomic E-state index is 0.0741. The largest absolute Gasteiger partial charge is 0.477 e. The summed E-state index contributed by atoms with van der Waals surface area (Å²) in [5.41, 5.74) is 1.98. The van der Waals surface area contributed by atoms with Crippen molar-refractivity contribution in [1.29, 1.82) is 0 Å². The highest BCUT2D eigenvalue weighted by Crippen LogP contribution is 2.18. The normalized spacial score (nSPS) is 14.5.